The second kappa shape index (κ2) is 6.33. The minimum Gasteiger partial charge on any atom is -0.469 e. The van der Waals surface area contributed by atoms with Crippen molar-refractivity contribution in [1.29, 1.82) is 0 Å². The summed E-state index contributed by atoms with van der Waals surface area (Å²) in [6, 6.07) is 1.31. The van der Waals surface area contributed by atoms with Gasteiger partial charge in [0.2, 0.25) is 0 Å². The highest BCUT2D eigenvalue weighted by molar-refractivity contribution is 6.07. The summed E-state index contributed by atoms with van der Waals surface area (Å²) in [6.07, 6.45) is -4.47. The lowest BCUT2D eigenvalue weighted by Gasteiger charge is -2.18. The monoisotopic (exact) mass is 318 g/mol. The molecule has 1 amide bonds. The van der Waals surface area contributed by atoms with Gasteiger partial charge in [0.1, 0.15) is 17.3 Å². The Labute approximate surface area is 125 Å². The summed E-state index contributed by atoms with van der Waals surface area (Å²) >= 11 is 0. The summed E-state index contributed by atoms with van der Waals surface area (Å²) in [5, 5.41) is 3.08. The molecule has 0 aliphatic carbocycles. The van der Waals surface area contributed by atoms with Crippen LogP contribution in [0.4, 0.5) is 13.2 Å². The first-order chi connectivity index (χ1) is 9.93. The Morgan fingerprint density at radius 3 is 2.27 bits per heavy atom. The van der Waals surface area contributed by atoms with Crippen LogP contribution in [0.25, 0.3) is 0 Å². The van der Waals surface area contributed by atoms with Gasteiger partial charge >= 0.3 is 6.18 Å². The zero-order valence-corrected chi connectivity index (χ0v) is 12.7. The van der Waals surface area contributed by atoms with E-state index in [0.29, 0.717) is 0 Å². The number of aryl methyl sites for hydroxylation is 1. The summed E-state index contributed by atoms with van der Waals surface area (Å²) in [4.78, 5) is 23.5. The zero-order valence-electron chi connectivity index (χ0n) is 12.7. The van der Waals surface area contributed by atoms with Gasteiger partial charge in [-0.1, -0.05) is 20.8 Å². The van der Waals surface area contributed by atoms with E-state index in [1.807, 2.05) is 0 Å². The SMILES string of the molecule is Cc1occc1C(=O)NN=C(CC(=O)C(C)(C)C)C(F)(F)F. The lowest BCUT2D eigenvalue weighted by Crippen LogP contribution is -2.33. The second-order valence-corrected chi connectivity index (χ2v) is 5.74. The molecule has 0 radical (unpaired) electrons. The molecule has 1 aromatic rings. The van der Waals surface area contributed by atoms with E-state index in [9.17, 15) is 22.8 Å². The fourth-order valence-corrected chi connectivity index (χ4v) is 1.42. The Kier molecular flexibility index (Phi) is 5.16. The van der Waals surface area contributed by atoms with E-state index in [0.717, 1.165) is 0 Å². The number of halogens is 3. The number of ketones is 1. The van der Waals surface area contributed by atoms with Crippen LogP contribution in [-0.4, -0.2) is 23.6 Å². The van der Waals surface area contributed by atoms with Crippen LogP contribution in [0.3, 0.4) is 0 Å². The van der Waals surface area contributed by atoms with Gasteiger partial charge in [0.25, 0.3) is 5.91 Å². The fraction of sp³-hybridized carbons (Fsp3) is 0.500. The molecule has 0 aliphatic heterocycles. The smallest absolute Gasteiger partial charge is 0.431 e. The molecule has 1 heterocycles. The average molecular weight is 318 g/mol. The molecule has 5 nitrogen and oxygen atoms in total. The van der Waals surface area contributed by atoms with Crippen molar-refractivity contribution in [3.05, 3.63) is 23.7 Å². The van der Waals surface area contributed by atoms with E-state index < -0.39 is 35.4 Å². The van der Waals surface area contributed by atoms with Crippen LogP contribution in [0, 0.1) is 12.3 Å². The molecule has 1 rings (SSSR count). The Morgan fingerprint density at radius 2 is 1.86 bits per heavy atom. The molecule has 0 saturated carbocycles. The molecular formula is C14H17F3N2O3. The number of rotatable bonds is 4. The average Bonchev–Trinajstić information content (AvgIpc) is 2.77. The van der Waals surface area contributed by atoms with Crippen LogP contribution in [0.2, 0.25) is 0 Å². The van der Waals surface area contributed by atoms with Crippen LogP contribution in [0.15, 0.2) is 21.8 Å². The van der Waals surface area contributed by atoms with Gasteiger partial charge in [0.05, 0.1) is 18.2 Å². The lowest BCUT2D eigenvalue weighted by atomic mass is 9.88. The van der Waals surface area contributed by atoms with Gasteiger partial charge in [-0.2, -0.15) is 18.3 Å². The molecule has 0 fully saturated rings. The van der Waals surface area contributed by atoms with Gasteiger partial charge in [0, 0.05) is 5.41 Å². The van der Waals surface area contributed by atoms with E-state index in [4.69, 9.17) is 4.42 Å². The molecule has 1 N–H and O–H groups in total. The van der Waals surface area contributed by atoms with Crippen molar-refractivity contribution in [2.45, 2.75) is 40.3 Å². The van der Waals surface area contributed by atoms with Gasteiger partial charge in [0.15, 0.2) is 0 Å². The Hall–Kier alpha value is -2.12. The summed E-state index contributed by atoms with van der Waals surface area (Å²) in [5.74, 6) is -1.21. The molecule has 0 spiro atoms. The van der Waals surface area contributed by atoms with Crippen molar-refractivity contribution < 1.29 is 27.2 Å². The molecule has 0 saturated heterocycles. The molecular weight excluding hydrogens is 301 g/mol. The van der Waals surface area contributed by atoms with Crippen molar-refractivity contribution in [2.24, 2.45) is 10.5 Å². The Balaban J connectivity index is 2.92. The lowest BCUT2D eigenvalue weighted by molar-refractivity contribution is -0.126. The van der Waals surface area contributed by atoms with Crippen LogP contribution >= 0.6 is 0 Å². The third kappa shape index (κ3) is 4.71. The summed E-state index contributed by atoms with van der Waals surface area (Å²) in [6.45, 7) is 6.02. The van der Waals surface area contributed by atoms with Crippen molar-refractivity contribution in [1.82, 2.24) is 5.43 Å². The predicted octanol–water partition coefficient (Wildman–Crippen LogP) is 3.24. The molecule has 0 aromatic carbocycles. The minimum absolute atomic E-state index is 0.0763. The largest absolute Gasteiger partial charge is 0.469 e. The number of carbonyl (C=O) groups excluding carboxylic acids is 2. The first-order valence-electron chi connectivity index (χ1n) is 6.44. The molecule has 0 unspecified atom stereocenters. The van der Waals surface area contributed by atoms with Crippen LogP contribution in [-0.2, 0) is 4.79 Å². The van der Waals surface area contributed by atoms with E-state index in [1.54, 1.807) is 5.43 Å². The fourth-order valence-electron chi connectivity index (χ4n) is 1.42. The maximum Gasteiger partial charge on any atom is 0.431 e. The van der Waals surface area contributed by atoms with Gasteiger partial charge in [-0.25, -0.2) is 5.43 Å². The highest BCUT2D eigenvalue weighted by Gasteiger charge is 2.39. The molecule has 1 aromatic heterocycles. The van der Waals surface area contributed by atoms with E-state index in [-0.39, 0.29) is 11.3 Å². The number of carbonyl (C=O) groups is 2. The van der Waals surface area contributed by atoms with Crippen LogP contribution < -0.4 is 5.43 Å². The number of nitrogens with zero attached hydrogens (tertiary/aromatic N) is 1. The Bertz CT molecular complexity index is 595. The number of amides is 1. The summed E-state index contributed by atoms with van der Waals surface area (Å²) in [7, 11) is 0. The molecule has 122 valence electrons. The first kappa shape index (κ1) is 17.9. The van der Waals surface area contributed by atoms with Crippen molar-refractivity contribution in [2.75, 3.05) is 0 Å². The number of hydrogen-bond acceptors (Lipinski definition) is 4. The molecule has 8 heteroatoms. The van der Waals surface area contributed by atoms with E-state index >= 15 is 0 Å². The van der Waals surface area contributed by atoms with Crippen LogP contribution in [0.5, 0.6) is 0 Å². The number of furan rings is 1. The van der Waals surface area contributed by atoms with E-state index in [1.165, 1.54) is 40.0 Å². The second-order valence-electron chi connectivity index (χ2n) is 5.74. The molecule has 22 heavy (non-hydrogen) atoms. The highest BCUT2D eigenvalue weighted by atomic mass is 19.4. The normalized spacial score (nSPS) is 13.1. The number of hydrazone groups is 1. The third-order valence-electron chi connectivity index (χ3n) is 2.89. The minimum atomic E-state index is -4.81. The molecule has 0 atom stereocenters. The highest BCUT2D eigenvalue weighted by Crippen LogP contribution is 2.24. The third-order valence-corrected chi connectivity index (χ3v) is 2.89. The maximum atomic E-state index is 12.9. The predicted molar refractivity (Wildman–Crippen MR) is 73.5 cm³/mol. The quantitative estimate of drug-likeness (QED) is 0.684. The maximum absolute atomic E-state index is 12.9. The van der Waals surface area contributed by atoms with Crippen LogP contribution in [0.1, 0.15) is 43.3 Å². The summed E-state index contributed by atoms with van der Waals surface area (Å²) in [5.41, 5.74) is -0.396. The van der Waals surface area contributed by atoms with Crippen molar-refractivity contribution >= 4 is 17.4 Å². The summed E-state index contributed by atoms with van der Waals surface area (Å²) < 4.78 is 43.5. The van der Waals surface area contributed by atoms with Gasteiger partial charge in [-0.3, -0.25) is 9.59 Å². The number of alkyl halides is 3. The number of nitrogens with one attached hydrogen (secondary N) is 1. The van der Waals surface area contributed by atoms with Crippen molar-refractivity contribution in [3.8, 4) is 0 Å². The van der Waals surface area contributed by atoms with Gasteiger partial charge in [-0.05, 0) is 13.0 Å². The van der Waals surface area contributed by atoms with Gasteiger partial charge < -0.3 is 4.42 Å². The molecule has 0 aliphatic rings. The van der Waals surface area contributed by atoms with Crippen molar-refractivity contribution in [3.63, 3.8) is 0 Å². The van der Waals surface area contributed by atoms with Gasteiger partial charge in [-0.15, -0.1) is 0 Å². The van der Waals surface area contributed by atoms with E-state index in [2.05, 4.69) is 5.10 Å². The molecule has 0 bridgehead atoms. The topological polar surface area (TPSA) is 71.7 Å². The Morgan fingerprint density at radius 1 is 1.27 bits per heavy atom. The first-order valence-corrected chi connectivity index (χ1v) is 6.44. The standard InChI is InChI=1S/C14H17F3N2O3/c1-8-9(5-6-22-8)12(21)19-18-10(14(15,16)17)7-11(20)13(2,3)4/h5-6H,7H2,1-4H3,(H,19,21). The number of Topliss-reactive ketones (excluding diaryl/α,β-unsaturated/α-hetero) is 1. The number of hydrogen-bond donors (Lipinski definition) is 1. The zero-order chi connectivity index (χ0) is 17.1.